The number of rotatable bonds is 5. The molecule has 0 radical (unpaired) electrons. The topological polar surface area (TPSA) is 72.5 Å². The van der Waals surface area contributed by atoms with Gasteiger partial charge in [-0.15, -0.1) is 0 Å². The number of carboxylic acids is 1. The van der Waals surface area contributed by atoms with Gasteiger partial charge in [0.1, 0.15) is 5.75 Å². The monoisotopic (exact) mass is 223 g/mol. The summed E-state index contributed by atoms with van der Waals surface area (Å²) in [5.41, 5.74) is 6.48. The largest absolute Gasteiger partial charge is 0.478 e. The van der Waals surface area contributed by atoms with Gasteiger partial charge in [-0.25, -0.2) is 4.79 Å². The maximum absolute atomic E-state index is 10.7. The molecule has 88 valence electrons. The Labute approximate surface area is 95.0 Å². The van der Waals surface area contributed by atoms with Crippen LogP contribution in [0.3, 0.4) is 0 Å². The van der Waals surface area contributed by atoms with Gasteiger partial charge in [0.2, 0.25) is 6.10 Å². The Balaban J connectivity index is 2.71. The van der Waals surface area contributed by atoms with E-state index < -0.39 is 12.1 Å². The number of carbonyl (C=O) groups is 1. The fraction of sp³-hybridized carbons (Fsp3) is 0.417. The summed E-state index contributed by atoms with van der Waals surface area (Å²) < 4.78 is 5.24. The van der Waals surface area contributed by atoms with Crippen molar-refractivity contribution in [1.82, 2.24) is 0 Å². The van der Waals surface area contributed by atoms with Crippen LogP contribution in [0.2, 0.25) is 0 Å². The predicted octanol–water partition coefficient (Wildman–Crippen LogP) is 1.60. The molecule has 4 nitrogen and oxygen atoms in total. The average molecular weight is 223 g/mol. The normalized spacial score (nSPS) is 12.5. The van der Waals surface area contributed by atoms with E-state index in [4.69, 9.17) is 15.6 Å². The molecule has 0 aliphatic rings. The van der Waals surface area contributed by atoms with Crippen molar-refractivity contribution in [3.05, 3.63) is 29.8 Å². The van der Waals surface area contributed by atoms with Crippen molar-refractivity contribution < 1.29 is 14.6 Å². The van der Waals surface area contributed by atoms with Crippen LogP contribution in [0.4, 0.5) is 0 Å². The molecule has 0 saturated carbocycles. The van der Waals surface area contributed by atoms with Crippen LogP contribution in [0.15, 0.2) is 24.3 Å². The molecule has 0 aromatic heterocycles. The minimum atomic E-state index is -1.05. The minimum absolute atomic E-state index is 0.0404. The van der Waals surface area contributed by atoms with E-state index in [1.165, 1.54) is 5.56 Å². The zero-order valence-corrected chi connectivity index (χ0v) is 9.51. The first-order valence-electron chi connectivity index (χ1n) is 5.24. The van der Waals surface area contributed by atoms with E-state index in [-0.39, 0.29) is 6.54 Å². The molecule has 1 aromatic carbocycles. The van der Waals surface area contributed by atoms with Gasteiger partial charge >= 0.3 is 5.97 Å². The summed E-state index contributed by atoms with van der Waals surface area (Å²) in [6.07, 6.45) is -0.982. The number of nitrogens with two attached hydrogens (primary N) is 1. The number of carboxylic acid groups (broad SMARTS) is 1. The Morgan fingerprint density at radius 3 is 2.31 bits per heavy atom. The van der Waals surface area contributed by atoms with Gasteiger partial charge in [0.05, 0.1) is 0 Å². The summed E-state index contributed by atoms with van der Waals surface area (Å²) in [4.78, 5) is 10.7. The highest BCUT2D eigenvalue weighted by Crippen LogP contribution is 2.19. The van der Waals surface area contributed by atoms with Crippen molar-refractivity contribution >= 4 is 5.97 Å². The first kappa shape index (κ1) is 12.5. The Hall–Kier alpha value is -1.55. The first-order valence-corrected chi connectivity index (χ1v) is 5.24. The Morgan fingerprint density at radius 2 is 1.94 bits per heavy atom. The van der Waals surface area contributed by atoms with Crippen LogP contribution in [0, 0.1) is 0 Å². The number of benzene rings is 1. The van der Waals surface area contributed by atoms with Crippen molar-refractivity contribution in [2.75, 3.05) is 6.54 Å². The molecule has 3 N–H and O–H groups in total. The summed E-state index contributed by atoms with van der Waals surface area (Å²) in [6.45, 7) is 4.15. The van der Waals surface area contributed by atoms with Crippen LogP contribution >= 0.6 is 0 Å². The molecule has 0 fully saturated rings. The second kappa shape index (κ2) is 5.51. The SMILES string of the molecule is CC(C)c1ccc(OC(CN)C(=O)O)cc1. The lowest BCUT2D eigenvalue weighted by Gasteiger charge is -2.13. The number of hydrogen-bond donors (Lipinski definition) is 2. The molecule has 1 aromatic rings. The highest BCUT2D eigenvalue weighted by atomic mass is 16.5. The lowest BCUT2D eigenvalue weighted by atomic mass is 10.0. The summed E-state index contributed by atoms with van der Waals surface area (Å²) in [6, 6.07) is 7.38. The molecule has 0 saturated heterocycles. The Kier molecular flexibility index (Phi) is 4.31. The van der Waals surface area contributed by atoms with E-state index in [0.29, 0.717) is 11.7 Å². The fourth-order valence-electron chi connectivity index (χ4n) is 1.29. The maximum Gasteiger partial charge on any atom is 0.346 e. The second-order valence-electron chi connectivity index (χ2n) is 3.90. The third-order valence-corrected chi connectivity index (χ3v) is 2.31. The summed E-state index contributed by atoms with van der Waals surface area (Å²) in [5.74, 6) is -0.0727. The number of ether oxygens (including phenoxy) is 1. The molecular weight excluding hydrogens is 206 g/mol. The molecule has 1 unspecified atom stereocenters. The smallest absolute Gasteiger partial charge is 0.346 e. The number of aliphatic carboxylic acids is 1. The molecule has 0 heterocycles. The van der Waals surface area contributed by atoms with E-state index in [0.717, 1.165) is 0 Å². The van der Waals surface area contributed by atoms with Crippen molar-refractivity contribution in [1.29, 1.82) is 0 Å². The van der Waals surface area contributed by atoms with E-state index >= 15 is 0 Å². The molecule has 1 atom stereocenters. The molecule has 1 rings (SSSR count). The molecule has 0 aliphatic carbocycles. The van der Waals surface area contributed by atoms with Gasteiger partial charge in [0, 0.05) is 6.54 Å². The van der Waals surface area contributed by atoms with E-state index in [9.17, 15) is 4.79 Å². The van der Waals surface area contributed by atoms with Crippen LogP contribution in [-0.2, 0) is 4.79 Å². The molecule has 16 heavy (non-hydrogen) atoms. The van der Waals surface area contributed by atoms with Gasteiger partial charge in [-0.2, -0.15) is 0 Å². The predicted molar refractivity (Wildman–Crippen MR) is 61.6 cm³/mol. The standard InChI is InChI=1S/C12H17NO3/c1-8(2)9-3-5-10(6-4-9)16-11(7-13)12(14)15/h3-6,8,11H,7,13H2,1-2H3,(H,14,15). The van der Waals surface area contributed by atoms with Crippen LogP contribution in [0.1, 0.15) is 25.3 Å². The van der Waals surface area contributed by atoms with Gasteiger partial charge in [0.25, 0.3) is 0 Å². The lowest BCUT2D eigenvalue weighted by Crippen LogP contribution is -2.34. The maximum atomic E-state index is 10.7. The van der Waals surface area contributed by atoms with Crippen molar-refractivity contribution in [3.63, 3.8) is 0 Å². The number of hydrogen-bond acceptors (Lipinski definition) is 3. The average Bonchev–Trinajstić information content (AvgIpc) is 2.26. The second-order valence-corrected chi connectivity index (χ2v) is 3.90. The van der Waals surface area contributed by atoms with Gasteiger partial charge < -0.3 is 15.6 Å². The van der Waals surface area contributed by atoms with Crippen molar-refractivity contribution in [2.24, 2.45) is 5.73 Å². The van der Waals surface area contributed by atoms with E-state index in [1.807, 2.05) is 12.1 Å². The highest BCUT2D eigenvalue weighted by molar-refractivity contribution is 5.73. The summed E-state index contributed by atoms with van der Waals surface area (Å²) in [7, 11) is 0. The molecule has 4 heteroatoms. The Bertz CT molecular complexity index is 346. The molecular formula is C12H17NO3. The highest BCUT2D eigenvalue weighted by Gasteiger charge is 2.16. The summed E-state index contributed by atoms with van der Waals surface area (Å²) in [5, 5.41) is 8.77. The zero-order chi connectivity index (χ0) is 12.1. The third-order valence-electron chi connectivity index (χ3n) is 2.31. The minimum Gasteiger partial charge on any atom is -0.478 e. The van der Waals surface area contributed by atoms with Crippen LogP contribution < -0.4 is 10.5 Å². The van der Waals surface area contributed by atoms with Crippen molar-refractivity contribution in [2.45, 2.75) is 25.9 Å². The summed E-state index contributed by atoms with van der Waals surface area (Å²) >= 11 is 0. The van der Waals surface area contributed by atoms with Gasteiger partial charge in [-0.05, 0) is 23.6 Å². The molecule has 0 spiro atoms. The van der Waals surface area contributed by atoms with Gasteiger partial charge in [-0.1, -0.05) is 26.0 Å². The zero-order valence-electron chi connectivity index (χ0n) is 9.51. The Morgan fingerprint density at radius 1 is 1.38 bits per heavy atom. The quantitative estimate of drug-likeness (QED) is 0.795. The molecule has 0 bridgehead atoms. The first-order chi connectivity index (χ1) is 7.54. The molecule has 0 amide bonds. The third kappa shape index (κ3) is 3.24. The van der Waals surface area contributed by atoms with Crippen molar-refractivity contribution in [3.8, 4) is 5.75 Å². The molecule has 0 aliphatic heterocycles. The van der Waals surface area contributed by atoms with E-state index in [1.54, 1.807) is 12.1 Å². The van der Waals surface area contributed by atoms with E-state index in [2.05, 4.69) is 13.8 Å². The fourth-order valence-corrected chi connectivity index (χ4v) is 1.29. The van der Waals surface area contributed by atoms with Gasteiger partial charge in [0.15, 0.2) is 0 Å². The lowest BCUT2D eigenvalue weighted by molar-refractivity contribution is -0.144. The van der Waals surface area contributed by atoms with Crippen LogP contribution in [-0.4, -0.2) is 23.7 Å². The van der Waals surface area contributed by atoms with Crippen LogP contribution in [0.25, 0.3) is 0 Å². The van der Waals surface area contributed by atoms with Gasteiger partial charge in [-0.3, -0.25) is 0 Å². The van der Waals surface area contributed by atoms with Crippen LogP contribution in [0.5, 0.6) is 5.75 Å².